The van der Waals surface area contributed by atoms with Gasteiger partial charge in [-0.3, -0.25) is 9.52 Å². The maximum Gasteiger partial charge on any atom is 0.277 e. The highest BCUT2D eigenvalue weighted by atomic mass is 35.5. The van der Waals surface area contributed by atoms with Crippen LogP contribution >= 0.6 is 12.4 Å². The lowest BCUT2D eigenvalue weighted by atomic mass is 10.2. The van der Waals surface area contributed by atoms with Gasteiger partial charge in [0, 0.05) is 11.3 Å². The third kappa shape index (κ3) is 6.15. The molecule has 0 spiro atoms. The first kappa shape index (κ1) is 23.8. The molecule has 1 amide bonds. The Balaban J connectivity index is 0.00000392. The largest absolute Gasteiger partial charge is 0.346 e. The highest BCUT2D eigenvalue weighted by molar-refractivity contribution is 7.92. The van der Waals surface area contributed by atoms with Crippen LogP contribution in [0.4, 0.5) is 14.5 Å². The van der Waals surface area contributed by atoms with E-state index in [1.165, 1.54) is 24.3 Å². The molecule has 0 fully saturated rings. The summed E-state index contributed by atoms with van der Waals surface area (Å²) in [7, 11) is -3.80. The van der Waals surface area contributed by atoms with E-state index in [9.17, 15) is 22.0 Å². The van der Waals surface area contributed by atoms with Crippen LogP contribution in [0.3, 0.4) is 0 Å². The van der Waals surface area contributed by atoms with E-state index < -0.39 is 34.9 Å². The van der Waals surface area contributed by atoms with E-state index in [-0.39, 0.29) is 28.6 Å². The normalized spacial score (nSPS) is 11.5. The van der Waals surface area contributed by atoms with Gasteiger partial charge in [-0.1, -0.05) is 12.1 Å². The Morgan fingerprint density at radius 1 is 1.11 bits per heavy atom. The summed E-state index contributed by atoms with van der Waals surface area (Å²) in [6, 6.07) is 10.6. The second kappa shape index (κ2) is 9.31. The van der Waals surface area contributed by atoms with Crippen molar-refractivity contribution < 1.29 is 22.0 Å². The van der Waals surface area contributed by atoms with Gasteiger partial charge in [0.1, 0.15) is 0 Å². The van der Waals surface area contributed by atoms with Crippen molar-refractivity contribution in [1.82, 2.24) is 5.32 Å². The van der Waals surface area contributed by atoms with E-state index in [2.05, 4.69) is 10.0 Å². The van der Waals surface area contributed by atoms with Crippen molar-refractivity contribution in [3.8, 4) is 0 Å². The molecule has 0 aliphatic carbocycles. The summed E-state index contributed by atoms with van der Waals surface area (Å²) >= 11 is 0. The molecule has 10 heteroatoms. The number of aryl methyl sites for hydroxylation is 2. The Kier molecular flexibility index (Phi) is 7.92. The Labute approximate surface area is 169 Å². The highest BCUT2D eigenvalue weighted by Crippen LogP contribution is 2.21. The summed E-state index contributed by atoms with van der Waals surface area (Å²) < 4.78 is 53.7. The van der Waals surface area contributed by atoms with Crippen LogP contribution < -0.4 is 15.8 Å². The Morgan fingerprint density at radius 3 is 2.29 bits per heavy atom. The van der Waals surface area contributed by atoms with Crippen molar-refractivity contribution in [2.24, 2.45) is 5.73 Å². The van der Waals surface area contributed by atoms with Crippen LogP contribution in [0.1, 0.15) is 21.5 Å². The van der Waals surface area contributed by atoms with Crippen molar-refractivity contribution in [3.63, 3.8) is 0 Å². The van der Waals surface area contributed by atoms with E-state index in [4.69, 9.17) is 5.73 Å². The minimum absolute atomic E-state index is 0. The molecular weight excluding hydrogens is 412 g/mol. The molecule has 0 saturated carbocycles. The van der Waals surface area contributed by atoms with Gasteiger partial charge in [0.05, 0.1) is 18.0 Å². The average Bonchev–Trinajstić information content (AvgIpc) is 2.62. The highest BCUT2D eigenvalue weighted by Gasteiger charge is 2.27. The van der Waals surface area contributed by atoms with Crippen molar-refractivity contribution >= 4 is 34.0 Å². The number of benzene rings is 2. The molecule has 0 atom stereocenters. The van der Waals surface area contributed by atoms with E-state index in [1.807, 2.05) is 6.07 Å². The van der Waals surface area contributed by atoms with Crippen molar-refractivity contribution in [3.05, 3.63) is 59.2 Å². The number of hydrogen-bond acceptors (Lipinski definition) is 4. The van der Waals surface area contributed by atoms with Gasteiger partial charge in [-0.05, 0) is 55.3 Å². The number of carbonyl (C=O) groups excluding carboxylic acids is 1. The van der Waals surface area contributed by atoms with Gasteiger partial charge >= 0.3 is 0 Å². The van der Waals surface area contributed by atoms with Crippen LogP contribution in [0.15, 0.2) is 47.4 Å². The molecule has 4 N–H and O–H groups in total. The number of rotatable bonds is 7. The summed E-state index contributed by atoms with van der Waals surface area (Å²) in [5.41, 5.74) is 6.69. The lowest BCUT2D eigenvalue weighted by Gasteiger charge is -2.15. The van der Waals surface area contributed by atoms with E-state index in [1.54, 1.807) is 26.0 Å². The fourth-order valence-corrected chi connectivity index (χ4v) is 3.67. The zero-order chi connectivity index (χ0) is 20.2. The third-order valence-corrected chi connectivity index (χ3v) is 5.36. The molecule has 0 radical (unpaired) electrons. The summed E-state index contributed by atoms with van der Waals surface area (Å²) in [6.07, 6.45) is 0. The number of sulfonamides is 1. The molecule has 28 heavy (non-hydrogen) atoms. The number of nitrogens with two attached hydrogens (primary N) is 1. The third-order valence-electron chi connectivity index (χ3n) is 3.84. The Bertz CT molecular complexity index is 936. The zero-order valence-electron chi connectivity index (χ0n) is 15.3. The summed E-state index contributed by atoms with van der Waals surface area (Å²) in [4.78, 5) is 12.0. The SMILES string of the molecule is Cc1ccc(C)c(S(=O)(=O)Nc2ccc(C(=O)NCC(F)(F)CN)cc2)c1.Cl. The van der Waals surface area contributed by atoms with Crippen LogP contribution in [-0.4, -0.2) is 33.3 Å². The molecule has 0 saturated heterocycles. The van der Waals surface area contributed by atoms with Crippen LogP contribution in [0.5, 0.6) is 0 Å². The first-order valence-electron chi connectivity index (χ1n) is 8.10. The maximum absolute atomic E-state index is 13.1. The summed E-state index contributed by atoms with van der Waals surface area (Å²) in [5, 5.41) is 2.09. The Morgan fingerprint density at radius 2 is 1.71 bits per heavy atom. The number of halogens is 3. The number of anilines is 1. The molecule has 2 aromatic rings. The van der Waals surface area contributed by atoms with Gasteiger partial charge in [0.2, 0.25) is 0 Å². The molecule has 0 heterocycles. The molecule has 0 bridgehead atoms. The predicted octanol–water partition coefficient (Wildman–Crippen LogP) is 2.85. The summed E-state index contributed by atoms with van der Waals surface area (Å²) in [5.74, 6) is -3.89. The fourth-order valence-electron chi connectivity index (χ4n) is 2.28. The van der Waals surface area contributed by atoms with E-state index in [0.29, 0.717) is 5.56 Å². The number of alkyl halides is 2. The van der Waals surface area contributed by atoms with Crippen molar-refractivity contribution in [2.75, 3.05) is 17.8 Å². The van der Waals surface area contributed by atoms with Crippen LogP contribution in [0, 0.1) is 13.8 Å². The lowest BCUT2D eigenvalue weighted by Crippen LogP contribution is -2.41. The Hall–Kier alpha value is -2.23. The number of hydrogen-bond donors (Lipinski definition) is 3. The van der Waals surface area contributed by atoms with Gasteiger partial charge < -0.3 is 11.1 Å². The van der Waals surface area contributed by atoms with Crippen LogP contribution in [0.25, 0.3) is 0 Å². The minimum Gasteiger partial charge on any atom is -0.346 e. The average molecular weight is 434 g/mol. The quantitative estimate of drug-likeness (QED) is 0.624. The number of carbonyl (C=O) groups is 1. The van der Waals surface area contributed by atoms with Gasteiger partial charge in [-0.25, -0.2) is 17.2 Å². The monoisotopic (exact) mass is 433 g/mol. The molecule has 0 unspecified atom stereocenters. The summed E-state index contributed by atoms with van der Waals surface area (Å²) in [6.45, 7) is 1.74. The smallest absolute Gasteiger partial charge is 0.277 e. The molecule has 6 nitrogen and oxygen atoms in total. The predicted molar refractivity (Wildman–Crippen MR) is 107 cm³/mol. The van der Waals surface area contributed by atoms with Crippen molar-refractivity contribution in [2.45, 2.75) is 24.7 Å². The van der Waals surface area contributed by atoms with Gasteiger partial charge in [-0.2, -0.15) is 0 Å². The zero-order valence-corrected chi connectivity index (χ0v) is 17.0. The number of nitrogens with one attached hydrogen (secondary N) is 2. The van der Waals surface area contributed by atoms with Gasteiger partial charge in [-0.15, -0.1) is 12.4 Å². The second-order valence-electron chi connectivity index (χ2n) is 6.19. The molecule has 0 aliphatic heterocycles. The fraction of sp³-hybridized carbons (Fsp3) is 0.278. The molecule has 2 aromatic carbocycles. The van der Waals surface area contributed by atoms with Crippen molar-refractivity contribution in [1.29, 1.82) is 0 Å². The first-order valence-corrected chi connectivity index (χ1v) is 9.59. The topological polar surface area (TPSA) is 101 Å². The first-order chi connectivity index (χ1) is 12.5. The molecule has 0 aliphatic rings. The minimum atomic E-state index is -3.80. The van der Waals surface area contributed by atoms with Crippen LogP contribution in [-0.2, 0) is 10.0 Å². The van der Waals surface area contributed by atoms with Gasteiger partial charge in [0.25, 0.3) is 21.9 Å². The number of amides is 1. The second-order valence-corrected chi connectivity index (χ2v) is 7.85. The van der Waals surface area contributed by atoms with E-state index in [0.717, 1.165) is 5.56 Å². The molecule has 2 rings (SSSR count). The van der Waals surface area contributed by atoms with Gasteiger partial charge in [0.15, 0.2) is 0 Å². The molecule has 0 aromatic heterocycles. The lowest BCUT2D eigenvalue weighted by molar-refractivity contribution is 0.0118. The maximum atomic E-state index is 13.1. The standard InChI is InChI=1S/C18H21F2N3O3S.ClH/c1-12-3-4-13(2)16(9-12)27(25,26)23-15-7-5-14(6-8-15)17(24)22-11-18(19,20)10-21;/h3-9,23H,10-11,21H2,1-2H3,(H,22,24);1H. The molecular formula is C18H22ClF2N3O3S. The van der Waals surface area contributed by atoms with Crippen LogP contribution in [0.2, 0.25) is 0 Å². The van der Waals surface area contributed by atoms with E-state index >= 15 is 0 Å². The molecule has 154 valence electrons.